The van der Waals surface area contributed by atoms with Gasteiger partial charge in [0, 0.05) is 39.2 Å². The van der Waals surface area contributed by atoms with E-state index in [0.717, 1.165) is 72.3 Å². The number of imidazole rings is 1. The van der Waals surface area contributed by atoms with Gasteiger partial charge in [-0.15, -0.1) is 0 Å². The number of pyridine rings is 1. The lowest BCUT2D eigenvalue weighted by Crippen LogP contribution is -2.02. The largest absolute Gasteiger partial charge is 0.362 e. The van der Waals surface area contributed by atoms with Gasteiger partial charge in [-0.05, 0) is 70.3 Å². The molecule has 0 N–H and O–H groups in total. The van der Waals surface area contributed by atoms with E-state index >= 15 is 0 Å². The Morgan fingerprint density at radius 2 is 1.00 bits per heavy atom. The maximum atomic E-state index is 7.97. The molecule has 0 atom stereocenters. The molecule has 0 saturated heterocycles. The predicted molar refractivity (Wildman–Crippen MR) is 242 cm³/mol. The van der Waals surface area contributed by atoms with E-state index in [-0.39, 0.29) is 0 Å². The highest BCUT2D eigenvalue weighted by atomic mass is 15.1. The molecule has 7 heteroatoms. The third-order valence-electron chi connectivity index (χ3n) is 11.0. The van der Waals surface area contributed by atoms with Crippen molar-refractivity contribution in [1.82, 2.24) is 28.9 Å². The van der Waals surface area contributed by atoms with E-state index in [1.165, 1.54) is 5.39 Å². The van der Waals surface area contributed by atoms with E-state index in [4.69, 9.17) is 26.5 Å². The fourth-order valence-electron chi connectivity index (χ4n) is 8.21. The summed E-state index contributed by atoms with van der Waals surface area (Å²) in [5.41, 5.74) is 12.4. The van der Waals surface area contributed by atoms with Gasteiger partial charge in [0.2, 0.25) is 5.65 Å². The smallest absolute Gasteiger partial charge is 0.262 e. The standard InChI is InChI=1S/C53H33N7/c1-54-53-49(55-48-26-13-14-31-59(48)53)40-23-15-22-38(32-40)39-27-29-43-42-24-11-12-25-46(42)60(47(43)33-39)41-28-30-44(45(34-41)35-16-5-2-6-17-35)52-57-50(36-18-7-3-8-19-36)56-51(58-52)37-20-9-4-10-21-37/h2-34H. The van der Waals surface area contributed by atoms with Crippen molar-refractivity contribution < 1.29 is 0 Å². The normalized spacial score (nSPS) is 11.3. The molecule has 0 radical (unpaired) electrons. The molecule has 11 aromatic rings. The van der Waals surface area contributed by atoms with Gasteiger partial charge in [0.1, 0.15) is 0 Å². The molecule has 0 aliphatic carbocycles. The second kappa shape index (κ2) is 14.5. The van der Waals surface area contributed by atoms with Crippen molar-refractivity contribution in [1.29, 1.82) is 0 Å². The van der Waals surface area contributed by atoms with Crippen LogP contribution in [0.1, 0.15) is 0 Å². The number of rotatable bonds is 7. The van der Waals surface area contributed by atoms with Crippen LogP contribution in [0.4, 0.5) is 5.82 Å². The van der Waals surface area contributed by atoms with E-state index in [1.807, 2.05) is 108 Å². The van der Waals surface area contributed by atoms with Crippen molar-refractivity contribution in [2.24, 2.45) is 0 Å². The highest BCUT2D eigenvalue weighted by molar-refractivity contribution is 6.10. The zero-order valence-corrected chi connectivity index (χ0v) is 32.2. The van der Waals surface area contributed by atoms with Crippen LogP contribution in [0.2, 0.25) is 0 Å². The first-order valence-electron chi connectivity index (χ1n) is 19.8. The molecule has 11 rings (SSSR count). The molecule has 0 aliphatic heterocycles. The second-order valence-corrected chi connectivity index (χ2v) is 14.6. The number of fused-ring (bicyclic) bond motifs is 4. The van der Waals surface area contributed by atoms with Gasteiger partial charge in [-0.25, -0.2) is 24.3 Å². The number of hydrogen-bond donors (Lipinski definition) is 0. The minimum absolute atomic E-state index is 0.501. The molecule has 0 spiro atoms. The monoisotopic (exact) mass is 767 g/mol. The Bertz CT molecular complexity index is 3380. The summed E-state index contributed by atoms with van der Waals surface area (Å²) in [4.78, 5) is 23.9. The third kappa shape index (κ3) is 5.99. The quantitative estimate of drug-likeness (QED) is 0.152. The Morgan fingerprint density at radius 1 is 0.400 bits per heavy atom. The van der Waals surface area contributed by atoms with Gasteiger partial charge in [-0.3, -0.25) is 0 Å². The Kier molecular flexibility index (Phi) is 8.39. The van der Waals surface area contributed by atoms with Gasteiger partial charge in [-0.1, -0.05) is 152 Å². The highest BCUT2D eigenvalue weighted by Crippen LogP contribution is 2.40. The topological polar surface area (TPSA) is 65.3 Å². The molecule has 0 fully saturated rings. The molecular weight excluding hydrogens is 735 g/mol. The number of hydrogen-bond acceptors (Lipinski definition) is 4. The van der Waals surface area contributed by atoms with Crippen LogP contribution in [0, 0.1) is 6.57 Å². The number of para-hydroxylation sites is 1. The fourth-order valence-corrected chi connectivity index (χ4v) is 8.21. The summed E-state index contributed by atoms with van der Waals surface area (Å²) < 4.78 is 4.20. The maximum Gasteiger partial charge on any atom is 0.262 e. The van der Waals surface area contributed by atoms with Gasteiger partial charge in [0.15, 0.2) is 17.5 Å². The summed E-state index contributed by atoms with van der Waals surface area (Å²) >= 11 is 0. The number of nitrogens with zero attached hydrogens (tertiary/aromatic N) is 7. The summed E-state index contributed by atoms with van der Waals surface area (Å²) in [6, 6.07) is 66.6. The fraction of sp³-hybridized carbons (Fsp3) is 0. The maximum absolute atomic E-state index is 7.97. The van der Waals surface area contributed by atoms with Gasteiger partial charge < -0.3 is 9.41 Å². The lowest BCUT2D eigenvalue weighted by atomic mass is 9.98. The first-order valence-corrected chi connectivity index (χ1v) is 19.8. The van der Waals surface area contributed by atoms with Crippen LogP contribution in [0.5, 0.6) is 0 Å². The number of aromatic nitrogens is 6. The van der Waals surface area contributed by atoms with Crippen molar-refractivity contribution in [2.75, 3.05) is 0 Å². The first-order chi connectivity index (χ1) is 29.7. The Labute approximate surface area is 346 Å². The highest BCUT2D eigenvalue weighted by Gasteiger charge is 2.20. The summed E-state index contributed by atoms with van der Waals surface area (Å²) in [5.74, 6) is 2.34. The number of benzene rings is 7. The van der Waals surface area contributed by atoms with Crippen LogP contribution >= 0.6 is 0 Å². The second-order valence-electron chi connectivity index (χ2n) is 14.6. The molecule has 0 unspecified atom stereocenters. The average molecular weight is 768 g/mol. The van der Waals surface area contributed by atoms with Gasteiger partial charge in [0.25, 0.3) is 5.82 Å². The van der Waals surface area contributed by atoms with Gasteiger partial charge in [0.05, 0.1) is 22.9 Å². The lowest BCUT2D eigenvalue weighted by Gasteiger charge is -2.16. The Balaban J connectivity index is 1.09. The molecule has 0 bridgehead atoms. The average Bonchev–Trinajstić information content (AvgIpc) is 3.88. The SMILES string of the molecule is [C-]#[N+]c1c(-c2cccc(-c3ccc4c5ccccc5n(-c5ccc(-c6nc(-c7ccccc7)nc(-c7ccccc7)n6)c(-c6ccccc6)c5)c4c3)c2)nc2ccccn12. The molecule has 4 aromatic heterocycles. The summed E-state index contributed by atoms with van der Waals surface area (Å²) in [6.07, 6.45) is 1.89. The predicted octanol–water partition coefficient (Wildman–Crippen LogP) is 13.2. The lowest BCUT2D eigenvalue weighted by molar-refractivity contribution is 1.07. The molecule has 7 aromatic carbocycles. The summed E-state index contributed by atoms with van der Waals surface area (Å²) in [7, 11) is 0. The van der Waals surface area contributed by atoms with Crippen molar-refractivity contribution in [3.8, 4) is 73.4 Å². The molecule has 280 valence electrons. The van der Waals surface area contributed by atoms with Crippen LogP contribution in [-0.4, -0.2) is 28.9 Å². The summed E-state index contributed by atoms with van der Waals surface area (Å²) in [6.45, 7) is 7.97. The van der Waals surface area contributed by atoms with Crippen LogP contribution in [0.15, 0.2) is 200 Å². The van der Waals surface area contributed by atoms with Crippen LogP contribution in [0.25, 0.3) is 106 Å². The van der Waals surface area contributed by atoms with E-state index in [9.17, 15) is 0 Å². The molecule has 0 saturated carbocycles. The third-order valence-corrected chi connectivity index (χ3v) is 11.0. The molecular formula is C53H33N7. The van der Waals surface area contributed by atoms with Crippen LogP contribution in [0.3, 0.4) is 0 Å². The molecule has 60 heavy (non-hydrogen) atoms. The minimum atomic E-state index is 0.501. The van der Waals surface area contributed by atoms with Crippen molar-refractivity contribution >= 4 is 33.3 Å². The molecule has 7 nitrogen and oxygen atoms in total. The Morgan fingerprint density at radius 3 is 1.73 bits per heavy atom. The van der Waals surface area contributed by atoms with E-state index in [0.29, 0.717) is 29.0 Å². The van der Waals surface area contributed by atoms with E-state index < -0.39 is 0 Å². The van der Waals surface area contributed by atoms with Crippen molar-refractivity contribution in [3.63, 3.8) is 0 Å². The Hall–Kier alpha value is -8.47. The molecule has 0 aliphatic rings. The van der Waals surface area contributed by atoms with Gasteiger partial charge in [-0.2, -0.15) is 0 Å². The minimum Gasteiger partial charge on any atom is -0.362 e. The zero-order chi connectivity index (χ0) is 40.0. The zero-order valence-electron chi connectivity index (χ0n) is 32.2. The van der Waals surface area contributed by atoms with Crippen LogP contribution < -0.4 is 0 Å². The first kappa shape index (κ1) is 34.8. The van der Waals surface area contributed by atoms with Crippen LogP contribution in [-0.2, 0) is 0 Å². The van der Waals surface area contributed by atoms with Crippen molar-refractivity contribution in [2.45, 2.75) is 0 Å². The van der Waals surface area contributed by atoms with Gasteiger partial charge >= 0.3 is 0 Å². The molecule has 0 amide bonds. The van der Waals surface area contributed by atoms with Crippen molar-refractivity contribution in [3.05, 3.63) is 212 Å². The molecule has 4 heterocycles. The van der Waals surface area contributed by atoms with E-state index in [2.05, 4.69) is 106 Å². The van der Waals surface area contributed by atoms with E-state index in [1.54, 1.807) is 0 Å². The summed E-state index contributed by atoms with van der Waals surface area (Å²) in [5, 5.41) is 2.32.